The zero-order valence-electron chi connectivity index (χ0n) is 10.1. The third-order valence-corrected chi connectivity index (χ3v) is 4.76. The van der Waals surface area contributed by atoms with Crippen molar-refractivity contribution in [2.24, 2.45) is 0 Å². The monoisotopic (exact) mass is 289 g/mol. The van der Waals surface area contributed by atoms with E-state index in [0.29, 0.717) is 0 Å². The molecule has 1 unspecified atom stereocenters. The second-order valence-corrected chi connectivity index (χ2v) is 6.16. The van der Waals surface area contributed by atoms with Crippen LogP contribution in [0.5, 0.6) is 0 Å². The van der Waals surface area contributed by atoms with Crippen LogP contribution in [0.25, 0.3) is 11.0 Å². The maximum atomic E-state index is 6.02. The van der Waals surface area contributed by atoms with Crippen LogP contribution >= 0.6 is 22.9 Å². The molecular formula is C14H12ClN3S. The summed E-state index contributed by atoms with van der Waals surface area (Å²) >= 11 is 7.85. The van der Waals surface area contributed by atoms with E-state index in [4.69, 9.17) is 11.6 Å². The standard InChI is InChI=1S/C14H12ClN3S/c15-8-1-2-10-11(7-8)18-14(17-10)13-9-4-6-19-12(9)3-5-16-13/h1-2,4,6-7,13,16H,3,5H2,(H,17,18). The first kappa shape index (κ1) is 11.5. The summed E-state index contributed by atoms with van der Waals surface area (Å²) in [5.74, 6) is 0.969. The van der Waals surface area contributed by atoms with Crippen molar-refractivity contribution in [3.63, 3.8) is 0 Å². The summed E-state index contributed by atoms with van der Waals surface area (Å²) in [6, 6.07) is 8.11. The van der Waals surface area contributed by atoms with Gasteiger partial charge in [-0.25, -0.2) is 4.98 Å². The topological polar surface area (TPSA) is 40.7 Å². The number of rotatable bonds is 1. The molecule has 3 heterocycles. The predicted octanol–water partition coefficient (Wildman–Crippen LogP) is 3.51. The summed E-state index contributed by atoms with van der Waals surface area (Å²) in [4.78, 5) is 9.53. The molecule has 3 nitrogen and oxygen atoms in total. The summed E-state index contributed by atoms with van der Waals surface area (Å²) in [6.45, 7) is 0.996. The maximum Gasteiger partial charge on any atom is 0.129 e. The molecule has 1 aromatic carbocycles. The minimum Gasteiger partial charge on any atom is -0.340 e. The molecule has 0 bridgehead atoms. The van der Waals surface area contributed by atoms with Gasteiger partial charge in [-0.2, -0.15) is 0 Å². The van der Waals surface area contributed by atoms with Gasteiger partial charge >= 0.3 is 0 Å². The van der Waals surface area contributed by atoms with Gasteiger partial charge in [0.15, 0.2) is 0 Å². The van der Waals surface area contributed by atoms with Crippen LogP contribution < -0.4 is 5.32 Å². The molecule has 0 aliphatic carbocycles. The molecule has 1 atom stereocenters. The van der Waals surface area contributed by atoms with Crippen molar-refractivity contribution < 1.29 is 0 Å². The number of aromatic nitrogens is 2. The van der Waals surface area contributed by atoms with Crippen LogP contribution in [0.1, 0.15) is 22.3 Å². The Hall–Kier alpha value is -1.36. The van der Waals surface area contributed by atoms with E-state index in [1.807, 2.05) is 29.5 Å². The number of nitrogens with one attached hydrogen (secondary N) is 2. The Morgan fingerprint density at radius 3 is 3.21 bits per heavy atom. The van der Waals surface area contributed by atoms with Gasteiger partial charge in [0.25, 0.3) is 0 Å². The minimum absolute atomic E-state index is 0.168. The van der Waals surface area contributed by atoms with E-state index in [0.717, 1.165) is 34.8 Å². The van der Waals surface area contributed by atoms with Crippen molar-refractivity contribution in [1.29, 1.82) is 0 Å². The second-order valence-electron chi connectivity index (χ2n) is 4.72. The fourth-order valence-electron chi connectivity index (χ4n) is 2.63. The highest BCUT2D eigenvalue weighted by molar-refractivity contribution is 7.10. The number of halogens is 1. The predicted molar refractivity (Wildman–Crippen MR) is 79.0 cm³/mol. The molecule has 2 aromatic heterocycles. The van der Waals surface area contributed by atoms with Crippen molar-refractivity contribution >= 4 is 34.0 Å². The lowest BCUT2D eigenvalue weighted by molar-refractivity contribution is 0.555. The minimum atomic E-state index is 0.168. The number of aromatic amines is 1. The number of nitrogens with zero attached hydrogens (tertiary/aromatic N) is 1. The molecule has 1 aliphatic rings. The molecule has 5 heteroatoms. The third kappa shape index (κ3) is 1.87. The Balaban J connectivity index is 1.83. The van der Waals surface area contributed by atoms with Gasteiger partial charge in [-0.05, 0) is 41.6 Å². The van der Waals surface area contributed by atoms with Crippen LogP contribution in [0.15, 0.2) is 29.6 Å². The molecule has 0 spiro atoms. The van der Waals surface area contributed by atoms with Crippen molar-refractivity contribution in [2.75, 3.05) is 6.54 Å². The molecule has 1 aliphatic heterocycles. The number of H-pyrrole nitrogens is 1. The van der Waals surface area contributed by atoms with E-state index in [1.54, 1.807) is 0 Å². The van der Waals surface area contributed by atoms with Crippen LogP contribution in [-0.4, -0.2) is 16.5 Å². The highest BCUT2D eigenvalue weighted by atomic mass is 35.5. The largest absolute Gasteiger partial charge is 0.340 e. The average molecular weight is 290 g/mol. The Bertz CT molecular complexity index is 746. The van der Waals surface area contributed by atoms with Crippen LogP contribution in [0.4, 0.5) is 0 Å². The van der Waals surface area contributed by atoms with Gasteiger partial charge in [0.2, 0.25) is 0 Å². The van der Waals surface area contributed by atoms with Gasteiger partial charge < -0.3 is 10.3 Å². The maximum absolute atomic E-state index is 6.02. The van der Waals surface area contributed by atoms with E-state index in [-0.39, 0.29) is 6.04 Å². The molecule has 0 amide bonds. The van der Waals surface area contributed by atoms with Gasteiger partial charge in [-0.1, -0.05) is 11.6 Å². The third-order valence-electron chi connectivity index (χ3n) is 3.53. The molecule has 0 radical (unpaired) electrons. The van der Waals surface area contributed by atoms with E-state index < -0.39 is 0 Å². The molecule has 19 heavy (non-hydrogen) atoms. The highest BCUT2D eigenvalue weighted by Crippen LogP contribution is 2.31. The van der Waals surface area contributed by atoms with Crippen molar-refractivity contribution in [3.05, 3.63) is 50.9 Å². The van der Waals surface area contributed by atoms with Crippen molar-refractivity contribution in [3.8, 4) is 0 Å². The lowest BCUT2D eigenvalue weighted by Crippen LogP contribution is -2.30. The summed E-state index contributed by atoms with van der Waals surface area (Å²) in [5.41, 5.74) is 3.30. The van der Waals surface area contributed by atoms with Gasteiger partial charge in [0.05, 0.1) is 17.1 Å². The fraction of sp³-hybridized carbons (Fsp3) is 0.214. The normalized spacial score (nSPS) is 18.7. The summed E-state index contributed by atoms with van der Waals surface area (Å²) in [6.07, 6.45) is 1.11. The highest BCUT2D eigenvalue weighted by Gasteiger charge is 2.24. The molecule has 2 N–H and O–H groups in total. The number of hydrogen-bond acceptors (Lipinski definition) is 3. The van der Waals surface area contributed by atoms with Crippen LogP contribution in [0, 0.1) is 0 Å². The molecule has 4 rings (SSSR count). The Morgan fingerprint density at radius 2 is 2.26 bits per heavy atom. The SMILES string of the molecule is Clc1ccc2nc(C3NCCc4sccc43)[nH]c2c1. The number of imidazole rings is 1. The van der Waals surface area contributed by atoms with Crippen LogP contribution in [-0.2, 0) is 6.42 Å². The summed E-state index contributed by atoms with van der Waals surface area (Å²) < 4.78 is 0. The first-order valence-electron chi connectivity index (χ1n) is 6.26. The smallest absolute Gasteiger partial charge is 0.129 e. The van der Waals surface area contributed by atoms with E-state index >= 15 is 0 Å². The number of benzene rings is 1. The van der Waals surface area contributed by atoms with Crippen LogP contribution in [0.3, 0.4) is 0 Å². The molecule has 3 aromatic rings. The average Bonchev–Trinajstić information content (AvgIpc) is 3.03. The first-order valence-corrected chi connectivity index (χ1v) is 7.52. The Kier molecular flexibility index (Phi) is 2.62. The second kappa shape index (κ2) is 4.34. The zero-order valence-corrected chi connectivity index (χ0v) is 11.7. The Labute approximate surface area is 119 Å². The molecule has 0 saturated heterocycles. The molecule has 0 saturated carbocycles. The number of fused-ring (bicyclic) bond motifs is 2. The molecule has 0 fully saturated rings. The first-order chi connectivity index (χ1) is 9.31. The quantitative estimate of drug-likeness (QED) is 0.720. The van der Waals surface area contributed by atoms with Gasteiger partial charge in [-0.3, -0.25) is 0 Å². The van der Waals surface area contributed by atoms with Gasteiger partial charge in [0, 0.05) is 16.4 Å². The van der Waals surface area contributed by atoms with E-state index in [2.05, 4.69) is 26.7 Å². The van der Waals surface area contributed by atoms with Gasteiger partial charge in [0.1, 0.15) is 5.82 Å². The van der Waals surface area contributed by atoms with Gasteiger partial charge in [-0.15, -0.1) is 11.3 Å². The lowest BCUT2D eigenvalue weighted by Gasteiger charge is -2.22. The fourth-order valence-corrected chi connectivity index (χ4v) is 3.73. The number of hydrogen-bond donors (Lipinski definition) is 2. The summed E-state index contributed by atoms with van der Waals surface area (Å²) in [7, 11) is 0. The summed E-state index contributed by atoms with van der Waals surface area (Å²) in [5, 5.41) is 6.42. The van der Waals surface area contributed by atoms with Crippen molar-refractivity contribution in [2.45, 2.75) is 12.5 Å². The molecular weight excluding hydrogens is 278 g/mol. The Morgan fingerprint density at radius 1 is 1.32 bits per heavy atom. The van der Waals surface area contributed by atoms with Crippen molar-refractivity contribution in [1.82, 2.24) is 15.3 Å². The number of thiophene rings is 1. The van der Waals surface area contributed by atoms with E-state index in [1.165, 1.54) is 10.4 Å². The van der Waals surface area contributed by atoms with Crippen LogP contribution in [0.2, 0.25) is 5.02 Å². The van der Waals surface area contributed by atoms with E-state index in [9.17, 15) is 0 Å². The molecule has 96 valence electrons. The zero-order chi connectivity index (χ0) is 12.8. The lowest BCUT2D eigenvalue weighted by atomic mass is 10.0.